The zero-order valence-corrected chi connectivity index (χ0v) is 12.3. The molecule has 3 aromatic rings. The molecule has 1 heterocycles. The molecule has 0 atom stereocenters. The molecule has 4 nitrogen and oxygen atoms in total. The van der Waals surface area contributed by atoms with Gasteiger partial charge in [-0.15, -0.1) is 0 Å². The molecule has 22 heavy (non-hydrogen) atoms. The molecule has 2 aromatic carbocycles. The smallest absolute Gasteiger partial charge is 0.435 e. The zero-order valence-electron chi connectivity index (χ0n) is 12.3. The highest BCUT2D eigenvalue weighted by atomic mass is 16.6. The number of carbonyl (C=O) groups excluding carboxylic acids is 1. The monoisotopic (exact) mass is 292 g/mol. The third-order valence-corrected chi connectivity index (χ3v) is 3.32. The molecular formula is C18H16N2O2. The molecule has 0 saturated heterocycles. The Morgan fingerprint density at radius 1 is 1.05 bits per heavy atom. The summed E-state index contributed by atoms with van der Waals surface area (Å²) in [5.74, 6) is 0. The van der Waals surface area contributed by atoms with Crippen LogP contribution in [0.4, 0.5) is 4.79 Å². The van der Waals surface area contributed by atoms with E-state index < -0.39 is 6.09 Å². The van der Waals surface area contributed by atoms with Crippen LogP contribution in [0.15, 0.2) is 67.0 Å². The number of ether oxygens (including phenoxy) is 1. The molecule has 0 amide bonds. The summed E-state index contributed by atoms with van der Waals surface area (Å²) in [6.45, 7) is 2.10. The van der Waals surface area contributed by atoms with Crippen LogP contribution >= 0.6 is 0 Å². The van der Waals surface area contributed by atoms with E-state index in [1.807, 2.05) is 49.4 Å². The molecular weight excluding hydrogens is 276 g/mol. The van der Waals surface area contributed by atoms with Crippen LogP contribution in [0.2, 0.25) is 0 Å². The number of aryl methyl sites for hydroxylation is 1. The first-order chi connectivity index (χ1) is 10.7. The van der Waals surface area contributed by atoms with Gasteiger partial charge in [-0.25, -0.2) is 4.79 Å². The third kappa shape index (κ3) is 3.23. The van der Waals surface area contributed by atoms with Gasteiger partial charge < -0.3 is 4.74 Å². The molecule has 0 spiro atoms. The number of hydrogen-bond acceptors (Lipinski definition) is 3. The van der Waals surface area contributed by atoms with Gasteiger partial charge in [0.2, 0.25) is 0 Å². The Morgan fingerprint density at radius 3 is 2.36 bits per heavy atom. The van der Waals surface area contributed by atoms with Gasteiger partial charge in [-0.05, 0) is 29.2 Å². The first-order valence-corrected chi connectivity index (χ1v) is 7.05. The van der Waals surface area contributed by atoms with E-state index in [9.17, 15) is 4.79 Å². The van der Waals surface area contributed by atoms with Crippen molar-refractivity contribution >= 4 is 6.09 Å². The molecule has 1 aromatic heterocycles. The van der Waals surface area contributed by atoms with Gasteiger partial charge in [0, 0.05) is 6.20 Å². The maximum Gasteiger partial charge on any atom is 0.435 e. The van der Waals surface area contributed by atoms with Crippen molar-refractivity contribution in [2.24, 2.45) is 0 Å². The van der Waals surface area contributed by atoms with Crippen molar-refractivity contribution in [1.29, 1.82) is 0 Å². The number of nitrogens with zero attached hydrogens (tertiary/aromatic N) is 2. The minimum absolute atomic E-state index is 0.229. The van der Waals surface area contributed by atoms with Crippen LogP contribution in [0.3, 0.4) is 0 Å². The second-order valence-corrected chi connectivity index (χ2v) is 5.08. The summed E-state index contributed by atoms with van der Waals surface area (Å²) >= 11 is 0. The molecule has 0 bridgehead atoms. The normalized spacial score (nSPS) is 10.4. The fourth-order valence-corrected chi connectivity index (χ4v) is 2.15. The van der Waals surface area contributed by atoms with Gasteiger partial charge in [0.25, 0.3) is 0 Å². The Labute approximate surface area is 129 Å². The maximum absolute atomic E-state index is 11.8. The Kier molecular flexibility index (Phi) is 4.01. The molecule has 0 fully saturated rings. The summed E-state index contributed by atoms with van der Waals surface area (Å²) in [6.07, 6.45) is 2.79. The minimum Gasteiger partial charge on any atom is -0.443 e. The van der Waals surface area contributed by atoms with E-state index in [4.69, 9.17) is 4.74 Å². The van der Waals surface area contributed by atoms with Gasteiger partial charge in [-0.2, -0.15) is 9.78 Å². The highest BCUT2D eigenvalue weighted by Gasteiger charge is 2.07. The van der Waals surface area contributed by atoms with Crippen LogP contribution in [-0.2, 0) is 11.3 Å². The largest absolute Gasteiger partial charge is 0.443 e. The van der Waals surface area contributed by atoms with Crippen LogP contribution in [0.1, 0.15) is 11.1 Å². The molecule has 110 valence electrons. The van der Waals surface area contributed by atoms with Crippen molar-refractivity contribution in [1.82, 2.24) is 9.78 Å². The van der Waals surface area contributed by atoms with E-state index in [1.165, 1.54) is 4.68 Å². The molecule has 0 aliphatic carbocycles. The summed E-state index contributed by atoms with van der Waals surface area (Å²) in [6, 6.07) is 18.1. The van der Waals surface area contributed by atoms with Crippen LogP contribution in [0.25, 0.3) is 11.1 Å². The van der Waals surface area contributed by atoms with E-state index in [0.29, 0.717) is 0 Å². The zero-order chi connectivity index (χ0) is 15.4. The molecule has 0 radical (unpaired) electrons. The topological polar surface area (TPSA) is 44.1 Å². The average Bonchev–Trinajstić information content (AvgIpc) is 3.00. The predicted octanol–water partition coefficient (Wildman–Crippen LogP) is 4.04. The van der Waals surface area contributed by atoms with Gasteiger partial charge in [0.05, 0.1) is 6.20 Å². The Hall–Kier alpha value is -2.88. The van der Waals surface area contributed by atoms with Crippen LogP contribution in [-0.4, -0.2) is 15.9 Å². The Morgan fingerprint density at radius 2 is 1.73 bits per heavy atom. The lowest BCUT2D eigenvalue weighted by Gasteiger charge is -2.06. The fraction of sp³-hybridized carbons (Fsp3) is 0.111. The molecule has 4 heteroatoms. The van der Waals surface area contributed by atoms with Crippen LogP contribution < -0.4 is 0 Å². The molecule has 0 saturated carbocycles. The van der Waals surface area contributed by atoms with Gasteiger partial charge in [0.1, 0.15) is 6.61 Å². The lowest BCUT2D eigenvalue weighted by Crippen LogP contribution is -2.13. The summed E-state index contributed by atoms with van der Waals surface area (Å²) in [4.78, 5) is 11.8. The first-order valence-electron chi connectivity index (χ1n) is 7.05. The lowest BCUT2D eigenvalue weighted by molar-refractivity contribution is 0.138. The number of benzene rings is 2. The minimum atomic E-state index is -0.472. The summed E-state index contributed by atoms with van der Waals surface area (Å²) < 4.78 is 6.44. The van der Waals surface area contributed by atoms with Crippen molar-refractivity contribution in [3.8, 4) is 11.1 Å². The van der Waals surface area contributed by atoms with Crippen molar-refractivity contribution in [3.05, 3.63) is 78.1 Å². The standard InChI is InChI=1S/C18H16N2O2/c1-14-11-19-20(12-14)18(21)22-13-15-7-9-17(10-8-15)16-5-3-2-4-6-16/h2-12H,13H2,1H3. The number of hydrogen-bond donors (Lipinski definition) is 0. The van der Waals surface area contributed by atoms with Gasteiger partial charge in [-0.1, -0.05) is 54.6 Å². The third-order valence-electron chi connectivity index (χ3n) is 3.32. The molecule has 0 aliphatic rings. The van der Waals surface area contributed by atoms with Gasteiger partial charge in [0.15, 0.2) is 0 Å². The summed E-state index contributed by atoms with van der Waals surface area (Å²) in [7, 11) is 0. The molecule has 0 aliphatic heterocycles. The lowest BCUT2D eigenvalue weighted by atomic mass is 10.0. The average molecular weight is 292 g/mol. The molecule has 0 unspecified atom stereocenters. The molecule has 0 N–H and O–H groups in total. The Balaban J connectivity index is 1.63. The predicted molar refractivity (Wildman–Crippen MR) is 84.4 cm³/mol. The summed E-state index contributed by atoms with van der Waals surface area (Å²) in [5.41, 5.74) is 4.16. The van der Waals surface area contributed by atoms with Crippen molar-refractivity contribution in [2.45, 2.75) is 13.5 Å². The van der Waals surface area contributed by atoms with Gasteiger partial charge >= 0.3 is 6.09 Å². The SMILES string of the molecule is Cc1cnn(C(=O)OCc2ccc(-c3ccccc3)cc2)c1. The van der Waals surface area contributed by atoms with Crippen LogP contribution in [0.5, 0.6) is 0 Å². The highest BCUT2D eigenvalue weighted by molar-refractivity contribution is 5.69. The maximum atomic E-state index is 11.8. The van der Waals surface area contributed by atoms with Crippen molar-refractivity contribution < 1.29 is 9.53 Å². The van der Waals surface area contributed by atoms with E-state index in [2.05, 4.69) is 17.2 Å². The Bertz CT molecular complexity index is 761. The van der Waals surface area contributed by atoms with Gasteiger partial charge in [-0.3, -0.25) is 0 Å². The second kappa shape index (κ2) is 6.26. The van der Waals surface area contributed by atoms with E-state index >= 15 is 0 Å². The van der Waals surface area contributed by atoms with Crippen molar-refractivity contribution in [2.75, 3.05) is 0 Å². The summed E-state index contributed by atoms with van der Waals surface area (Å²) in [5, 5.41) is 3.92. The first kappa shape index (κ1) is 14.1. The van der Waals surface area contributed by atoms with Crippen LogP contribution in [0, 0.1) is 6.92 Å². The van der Waals surface area contributed by atoms with Crippen molar-refractivity contribution in [3.63, 3.8) is 0 Å². The van der Waals surface area contributed by atoms with E-state index in [-0.39, 0.29) is 6.61 Å². The van der Waals surface area contributed by atoms with E-state index in [1.54, 1.807) is 12.4 Å². The quantitative estimate of drug-likeness (QED) is 0.731. The number of carbonyl (C=O) groups is 1. The number of rotatable bonds is 3. The molecule has 3 rings (SSSR count). The second-order valence-electron chi connectivity index (χ2n) is 5.08. The highest BCUT2D eigenvalue weighted by Crippen LogP contribution is 2.19. The van der Waals surface area contributed by atoms with E-state index in [0.717, 1.165) is 22.3 Å². The fourth-order valence-electron chi connectivity index (χ4n) is 2.15. The number of aromatic nitrogens is 2.